The fraction of sp³-hybridized carbons (Fsp3) is 0.105. The van der Waals surface area contributed by atoms with Gasteiger partial charge in [-0.25, -0.2) is 0 Å². The molecule has 0 aliphatic carbocycles. The smallest absolute Gasteiger partial charge is 0.269 e. The Bertz CT molecular complexity index is 1020. The maximum atomic E-state index is 12.5. The van der Waals surface area contributed by atoms with Crippen LogP contribution in [0.2, 0.25) is 0 Å². The average molecular weight is 413 g/mol. The molecule has 0 saturated carbocycles. The third-order valence-corrected chi connectivity index (χ3v) is 4.22. The summed E-state index contributed by atoms with van der Waals surface area (Å²) in [7, 11) is 0. The van der Waals surface area contributed by atoms with Gasteiger partial charge in [-0.1, -0.05) is 6.08 Å². The molecule has 0 radical (unpaired) electrons. The Balaban J connectivity index is 1.69. The van der Waals surface area contributed by atoms with Crippen LogP contribution in [0.3, 0.4) is 0 Å². The first-order valence-electron chi connectivity index (χ1n) is 8.35. The number of carbonyl (C=O) groups excluding carboxylic acids is 2. The lowest BCUT2D eigenvalue weighted by Gasteiger charge is -2.27. The van der Waals surface area contributed by atoms with Crippen LogP contribution >= 0.6 is 12.2 Å². The van der Waals surface area contributed by atoms with E-state index in [1.807, 2.05) is 0 Å². The summed E-state index contributed by atoms with van der Waals surface area (Å²) < 4.78 is 11.1. The molecule has 10 heteroatoms. The minimum atomic E-state index is -0.611. The summed E-state index contributed by atoms with van der Waals surface area (Å²) in [6, 6.07) is 8.85. The van der Waals surface area contributed by atoms with E-state index in [9.17, 15) is 19.7 Å². The van der Waals surface area contributed by atoms with Gasteiger partial charge in [0.15, 0.2) is 5.11 Å². The molecule has 0 unspecified atom stereocenters. The standard InChI is InChI=1S/C19H15N3O6S/c1-2-9-21-18(24)16(17(23)20-19(21)29)10-14-7-8-15(28-14)11-27-13-5-3-12(4-6-13)22(25)26/h2-8,10H,1,9,11H2,(H,20,23,29). The average Bonchev–Trinajstić information content (AvgIpc) is 3.14. The van der Waals surface area contributed by atoms with Gasteiger partial charge in [0, 0.05) is 18.7 Å². The van der Waals surface area contributed by atoms with Crippen molar-refractivity contribution < 1.29 is 23.7 Å². The number of nitro groups is 1. The van der Waals surface area contributed by atoms with E-state index in [0.717, 1.165) is 0 Å². The van der Waals surface area contributed by atoms with Crippen molar-refractivity contribution in [2.24, 2.45) is 0 Å². The van der Waals surface area contributed by atoms with Crippen molar-refractivity contribution in [2.75, 3.05) is 6.54 Å². The monoisotopic (exact) mass is 413 g/mol. The number of nitro benzene ring substituents is 1. The minimum absolute atomic E-state index is 0.0219. The van der Waals surface area contributed by atoms with Crippen LogP contribution in [0.5, 0.6) is 5.75 Å². The third-order valence-electron chi connectivity index (χ3n) is 3.90. The molecule has 0 spiro atoms. The molecule has 3 rings (SSSR count). The number of rotatable bonds is 7. The number of amides is 2. The van der Waals surface area contributed by atoms with E-state index in [4.69, 9.17) is 21.4 Å². The number of nitrogens with zero attached hydrogens (tertiary/aromatic N) is 2. The molecule has 2 amide bonds. The molecule has 148 valence electrons. The number of hydrogen-bond acceptors (Lipinski definition) is 7. The molecule has 9 nitrogen and oxygen atoms in total. The van der Waals surface area contributed by atoms with Gasteiger partial charge in [-0.15, -0.1) is 6.58 Å². The number of non-ortho nitro benzene ring substituents is 1. The second-order valence-corrected chi connectivity index (χ2v) is 6.25. The van der Waals surface area contributed by atoms with Crippen molar-refractivity contribution in [3.05, 3.63) is 76.3 Å². The van der Waals surface area contributed by atoms with Crippen LogP contribution in [-0.2, 0) is 16.2 Å². The number of benzene rings is 1. The van der Waals surface area contributed by atoms with Crippen molar-refractivity contribution in [3.8, 4) is 5.75 Å². The molecule has 2 aromatic rings. The first kappa shape index (κ1) is 20.0. The summed E-state index contributed by atoms with van der Waals surface area (Å²) in [5.41, 5.74) is -0.151. The highest BCUT2D eigenvalue weighted by Gasteiger charge is 2.32. The van der Waals surface area contributed by atoms with E-state index in [1.165, 1.54) is 41.3 Å². The first-order chi connectivity index (χ1) is 13.9. The van der Waals surface area contributed by atoms with Crippen molar-refractivity contribution >= 4 is 40.9 Å². The van der Waals surface area contributed by atoms with Gasteiger partial charge < -0.3 is 9.15 Å². The molecule has 1 aromatic carbocycles. The number of hydrogen-bond donors (Lipinski definition) is 1. The van der Waals surface area contributed by atoms with Gasteiger partial charge in [0.25, 0.3) is 17.5 Å². The predicted octanol–water partition coefficient (Wildman–Crippen LogP) is 2.58. The normalized spacial score (nSPS) is 15.4. The molecular formula is C19H15N3O6S. The summed E-state index contributed by atoms with van der Waals surface area (Å²) in [4.78, 5) is 36.0. The molecule has 0 atom stereocenters. The van der Waals surface area contributed by atoms with Gasteiger partial charge in [-0.05, 0) is 42.6 Å². The third kappa shape index (κ3) is 4.55. The Labute approximate surface area is 170 Å². The van der Waals surface area contributed by atoms with Gasteiger partial charge in [-0.3, -0.25) is 29.9 Å². The van der Waals surface area contributed by atoms with Crippen molar-refractivity contribution in [1.29, 1.82) is 0 Å². The lowest BCUT2D eigenvalue weighted by molar-refractivity contribution is -0.384. The Morgan fingerprint density at radius 2 is 1.97 bits per heavy atom. The molecule has 1 aromatic heterocycles. The first-order valence-corrected chi connectivity index (χ1v) is 8.75. The molecular weight excluding hydrogens is 398 g/mol. The zero-order valence-electron chi connectivity index (χ0n) is 15.0. The number of furan rings is 1. The molecule has 1 aliphatic rings. The van der Waals surface area contributed by atoms with E-state index < -0.39 is 16.7 Å². The summed E-state index contributed by atoms with van der Waals surface area (Å²) in [6.07, 6.45) is 2.82. The maximum absolute atomic E-state index is 12.5. The van der Waals surface area contributed by atoms with Crippen molar-refractivity contribution in [1.82, 2.24) is 10.2 Å². The van der Waals surface area contributed by atoms with Crippen LogP contribution in [0.15, 0.2) is 59.0 Å². The number of ether oxygens (including phenoxy) is 1. The lowest BCUT2D eigenvalue weighted by Crippen LogP contribution is -2.53. The quantitative estimate of drug-likeness (QED) is 0.185. The highest BCUT2D eigenvalue weighted by Crippen LogP contribution is 2.20. The number of carbonyl (C=O) groups is 2. The zero-order chi connectivity index (χ0) is 21.0. The van der Waals surface area contributed by atoms with Gasteiger partial charge in [0.2, 0.25) is 0 Å². The van der Waals surface area contributed by atoms with Gasteiger partial charge in [0.05, 0.1) is 4.92 Å². The SMILES string of the molecule is C=CCN1C(=O)C(=Cc2ccc(COc3ccc([N+](=O)[O-])cc3)o2)C(=O)NC1=S. The molecule has 1 fully saturated rings. The minimum Gasteiger partial charge on any atom is -0.486 e. The summed E-state index contributed by atoms with van der Waals surface area (Å²) in [5, 5.41) is 13.1. The van der Waals surface area contributed by atoms with Gasteiger partial charge in [-0.2, -0.15) is 0 Å². The van der Waals surface area contributed by atoms with Crippen LogP contribution in [-0.4, -0.2) is 33.3 Å². The van der Waals surface area contributed by atoms with E-state index in [-0.39, 0.29) is 35.3 Å². The van der Waals surface area contributed by atoms with Crippen LogP contribution in [0, 0.1) is 10.1 Å². The molecule has 1 saturated heterocycles. The van der Waals surface area contributed by atoms with Crippen LogP contribution in [0.1, 0.15) is 11.5 Å². The second-order valence-electron chi connectivity index (χ2n) is 5.87. The lowest BCUT2D eigenvalue weighted by atomic mass is 10.1. The number of nitrogens with one attached hydrogen (secondary N) is 1. The number of thiocarbonyl (C=S) groups is 1. The van der Waals surface area contributed by atoms with Crippen LogP contribution in [0.4, 0.5) is 5.69 Å². The fourth-order valence-electron chi connectivity index (χ4n) is 2.50. The predicted molar refractivity (Wildman–Crippen MR) is 107 cm³/mol. The Kier molecular flexibility index (Phi) is 5.84. The van der Waals surface area contributed by atoms with E-state index in [2.05, 4.69) is 11.9 Å². The summed E-state index contributed by atoms with van der Waals surface area (Å²) in [6.45, 7) is 3.79. The maximum Gasteiger partial charge on any atom is 0.269 e. The highest BCUT2D eigenvalue weighted by molar-refractivity contribution is 7.80. The van der Waals surface area contributed by atoms with Crippen LogP contribution < -0.4 is 10.1 Å². The van der Waals surface area contributed by atoms with E-state index in [0.29, 0.717) is 11.5 Å². The van der Waals surface area contributed by atoms with Crippen LogP contribution in [0.25, 0.3) is 6.08 Å². The molecule has 1 N–H and O–H groups in total. The summed E-state index contributed by atoms with van der Waals surface area (Å²) in [5.74, 6) is 0.0101. The molecule has 1 aliphatic heterocycles. The summed E-state index contributed by atoms with van der Waals surface area (Å²) >= 11 is 4.99. The Morgan fingerprint density at radius 1 is 1.24 bits per heavy atom. The Hall–Kier alpha value is -3.79. The fourth-order valence-corrected chi connectivity index (χ4v) is 2.75. The molecule has 2 heterocycles. The Morgan fingerprint density at radius 3 is 2.62 bits per heavy atom. The van der Waals surface area contributed by atoms with Gasteiger partial charge in [0.1, 0.15) is 29.4 Å². The zero-order valence-corrected chi connectivity index (χ0v) is 15.8. The largest absolute Gasteiger partial charge is 0.486 e. The second kappa shape index (κ2) is 8.48. The molecule has 29 heavy (non-hydrogen) atoms. The molecule has 0 bridgehead atoms. The topological polar surface area (TPSA) is 115 Å². The van der Waals surface area contributed by atoms with Crippen molar-refractivity contribution in [3.63, 3.8) is 0 Å². The van der Waals surface area contributed by atoms with Crippen molar-refractivity contribution in [2.45, 2.75) is 6.61 Å². The van der Waals surface area contributed by atoms with E-state index >= 15 is 0 Å². The van der Waals surface area contributed by atoms with E-state index in [1.54, 1.807) is 12.1 Å². The van der Waals surface area contributed by atoms with Gasteiger partial charge >= 0.3 is 0 Å². The highest BCUT2D eigenvalue weighted by atomic mass is 32.1.